The third kappa shape index (κ3) is 4.93. The molecule has 1 aromatic carbocycles. The molecule has 0 saturated heterocycles. The van der Waals surface area contributed by atoms with Gasteiger partial charge in [-0.2, -0.15) is 0 Å². The number of rotatable bonds is 8. The molecule has 0 nitrogen and oxygen atoms in total. The SMILES string of the molecule is CCCC(CBr)(CCC)CSc1cccc(F)c1. The Hall–Kier alpha value is -0.0200. The minimum absolute atomic E-state index is 0.143. The maximum Gasteiger partial charge on any atom is 0.124 e. The monoisotopic (exact) mass is 332 g/mol. The second kappa shape index (κ2) is 8.21. The van der Waals surface area contributed by atoms with Crippen molar-refractivity contribution in [3.8, 4) is 0 Å². The Morgan fingerprint density at radius 1 is 1.22 bits per heavy atom. The standard InChI is InChI=1S/C15H22BrFS/c1-3-8-15(11-16,9-4-2)12-18-14-7-5-6-13(17)10-14/h5-7,10H,3-4,8-9,11-12H2,1-2H3. The molecule has 0 heterocycles. The van der Waals surface area contributed by atoms with Crippen LogP contribution in [0, 0.1) is 11.2 Å². The summed E-state index contributed by atoms with van der Waals surface area (Å²) in [6.45, 7) is 4.47. The zero-order chi connectivity index (χ0) is 13.4. The van der Waals surface area contributed by atoms with E-state index in [1.54, 1.807) is 23.9 Å². The van der Waals surface area contributed by atoms with Crippen molar-refractivity contribution in [2.75, 3.05) is 11.1 Å². The van der Waals surface area contributed by atoms with Crippen molar-refractivity contribution in [3.05, 3.63) is 30.1 Å². The van der Waals surface area contributed by atoms with Gasteiger partial charge < -0.3 is 0 Å². The van der Waals surface area contributed by atoms with Crippen LogP contribution >= 0.6 is 27.7 Å². The van der Waals surface area contributed by atoms with Gasteiger partial charge in [0.15, 0.2) is 0 Å². The summed E-state index contributed by atoms with van der Waals surface area (Å²) in [7, 11) is 0. The lowest BCUT2D eigenvalue weighted by molar-refractivity contribution is 0.320. The second-order valence-electron chi connectivity index (χ2n) is 4.88. The molecule has 0 aliphatic heterocycles. The van der Waals surface area contributed by atoms with Crippen molar-refractivity contribution in [2.24, 2.45) is 5.41 Å². The number of alkyl halides is 1. The lowest BCUT2D eigenvalue weighted by Crippen LogP contribution is -2.25. The van der Waals surface area contributed by atoms with Gasteiger partial charge in [-0.15, -0.1) is 11.8 Å². The zero-order valence-electron chi connectivity index (χ0n) is 11.2. The van der Waals surface area contributed by atoms with E-state index in [2.05, 4.69) is 29.8 Å². The van der Waals surface area contributed by atoms with Gasteiger partial charge in [0, 0.05) is 16.0 Å². The Bertz CT molecular complexity index is 348. The summed E-state index contributed by atoms with van der Waals surface area (Å²) in [6, 6.07) is 6.90. The van der Waals surface area contributed by atoms with E-state index in [0.29, 0.717) is 5.41 Å². The minimum Gasteiger partial charge on any atom is -0.207 e. The summed E-state index contributed by atoms with van der Waals surface area (Å²) in [5.41, 5.74) is 0.348. The van der Waals surface area contributed by atoms with Gasteiger partial charge in [-0.3, -0.25) is 0 Å². The molecule has 0 atom stereocenters. The van der Waals surface area contributed by atoms with Gasteiger partial charge in [0.2, 0.25) is 0 Å². The van der Waals surface area contributed by atoms with E-state index in [9.17, 15) is 4.39 Å². The average Bonchev–Trinajstić information content (AvgIpc) is 2.37. The number of benzene rings is 1. The Kier molecular flexibility index (Phi) is 7.31. The van der Waals surface area contributed by atoms with E-state index >= 15 is 0 Å². The Morgan fingerprint density at radius 3 is 2.39 bits per heavy atom. The first-order chi connectivity index (χ1) is 8.65. The van der Waals surface area contributed by atoms with Crippen LogP contribution in [0.15, 0.2) is 29.2 Å². The van der Waals surface area contributed by atoms with Gasteiger partial charge in [0.1, 0.15) is 5.82 Å². The molecule has 0 unspecified atom stereocenters. The molecule has 0 aliphatic carbocycles. The highest BCUT2D eigenvalue weighted by molar-refractivity contribution is 9.09. The van der Waals surface area contributed by atoms with Gasteiger partial charge in [-0.1, -0.05) is 48.7 Å². The Morgan fingerprint density at radius 2 is 1.89 bits per heavy atom. The van der Waals surface area contributed by atoms with E-state index in [-0.39, 0.29) is 5.82 Å². The molecule has 1 aromatic rings. The molecular formula is C15H22BrFS. The van der Waals surface area contributed by atoms with Crippen LogP contribution in [0.4, 0.5) is 4.39 Å². The lowest BCUT2D eigenvalue weighted by Gasteiger charge is -2.31. The molecule has 0 aliphatic rings. The summed E-state index contributed by atoms with van der Waals surface area (Å²) >= 11 is 5.45. The van der Waals surface area contributed by atoms with Gasteiger partial charge in [0.05, 0.1) is 0 Å². The van der Waals surface area contributed by atoms with Crippen LogP contribution in [0.5, 0.6) is 0 Å². The number of thioether (sulfide) groups is 1. The van der Waals surface area contributed by atoms with Gasteiger partial charge in [-0.05, 0) is 36.5 Å². The smallest absolute Gasteiger partial charge is 0.124 e. The fourth-order valence-electron chi connectivity index (χ4n) is 2.30. The molecule has 3 heteroatoms. The third-order valence-electron chi connectivity index (χ3n) is 3.19. The number of halogens is 2. The van der Waals surface area contributed by atoms with Crippen LogP contribution in [0.2, 0.25) is 0 Å². The molecule has 102 valence electrons. The van der Waals surface area contributed by atoms with Crippen LogP contribution < -0.4 is 0 Å². The predicted molar refractivity (Wildman–Crippen MR) is 83.2 cm³/mol. The van der Waals surface area contributed by atoms with Gasteiger partial charge in [0.25, 0.3) is 0 Å². The van der Waals surface area contributed by atoms with Crippen LogP contribution in [0.3, 0.4) is 0 Å². The number of hydrogen-bond donors (Lipinski definition) is 0. The first-order valence-electron chi connectivity index (χ1n) is 6.60. The van der Waals surface area contributed by atoms with E-state index < -0.39 is 0 Å². The highest BCUT2D eigenvalue weighted by Crippen LogP contribution is 2.37. The molecule has 0 fully saturated rings. The Labute approximate surface area is 123 Å². The molecule has 18 heavy (non-hydrogen) atoms. The summed E-state index contributed by atoms with van der Waals surface area (Å²) in [6.07, 6.45) is 4.87. The van der Waals surface area contributed by atoms with Crippen molar-refractivity contribution in [2.45, 2.75) is 44.4 Å². The summed E-state index contributed by atoms with van der Waals surface area (Å²) in [5.74, 6) is 0.916. The topological polar surface area (TPSA) is 0 Å². The first-order valence-corrected chi connectivity index (χ1v) is 8.71. The molecule has 0 radical (unpaired) electrons. The second-order valence-corrected chi connectivity index (χ2v) is 6.49. The summed E-state index contributed by atoms with van der Waals surface area (Å²) < 4.78 is 13.1. The average molecular weight is 333 g/mol. The van der Waals surface area contributed by atoms with Crippen LogP contribution in [0.1, 0.15) is 39.5 Å². The zero-order valence-corrected chi connectivity index (χ0v) is 13.6. The fourth-order valence-corrected chi connectivity index (χ4v) is 4.55. The molecule has 1 rings (SSSR count). The minimum atomic E-state index is -0.143. The summed E-state index contributed by atoms with van der Waals surface area (Å²) in [4.78, 5) is 1.03. The molecule has 0 spiro atoms. The molecule has 0 bridgehead atoms. The van der Waals surface area contributed by atoms with Crippen LogP contribution in [0.25, 0.3) is 0 Å². The van der Waals surface area contributed by atoms with E-state index in [1.807, 2.05) is 6.07 Å². The highest BCUT2D eigenvalue weighted by atomic mass is 79.9. The predicted octanol–water partition coefficient (Wildman–Crippen LogP) is 5.90. The van der Waals surface area contributed by atoms with Gasteiger partial charge >= 0.3 is 0 Å². The van der Waals surface area contributed by atoms with Crippen molar-refractivity contribution in [1.29, 1.82) is 0 Å². The lowest BCUT2D eigenvalue weighted by atomic mass is 9.83. The molecule has 0 N–H and O–H groups in total. The normalized spacial score (nSPS) is 11.8. The molecule has 0 aromatic heterocycles. The molecular weight excluding hydrogens is 311 g/mol. The number of hydrogen-bond acceptors (Lipinski definition) is 1. The van der Waals surface area contributed by atoms with E-state index in [0.717, 1.165) is 16.0 Å². The van der Waals surface area contributed by atoms with Gasteiger partial charge in [-0.25, -0.2) is 4.39 Å². The van der Waals surface area contributed by atoms with E-state index in [1.165, 1.54) is 31.7 Å². The van der Waals surface area contributed by atoms with Crippen molar-refractivity contribution in [1.82, 2.24) is 0 Å². The maximum atomic E-state index is 13.1. The third-order valence-corrected chi connectivity index (χ3v) is 5.72. The maximum absolute atomic E-state index is 13.1. The van der Waals surface area contributed by atoms with Crippen molar-refractivity contribution >= 4 is 27.7 Å². The quantitative estimate of drug-likeness (QED) is 0.422. The van der Waals surface area contributed by atoms with Crippen molar-refractivity contribution in [3.63, 3.8) is 0 Å². The Balaban J connectivity index is 2.66. The van der Waals surface area contributed by atoms with Crippen LogP contribution in [-0.2, 0) is 0 Å². The van der Waals surface area contributed by atoms with E-state index in [4.69, 9.17) is 0 Å². The molecule has 0 saturated carbocycles. The van der Waals surface area contributed by atoms with Crippen LogP contribution in [-0.4, -0.2) is 11.1 Å². The molecule has 0 amide bonds. The highest BCUT2D eigenvalue weighted by Gasteiger charge is 2.27. The largest absolute Gasteiger partial charge is 0.207 e. The fraction of sp³-hybridized carbons (Fsp3) is 0.600. The summed E-state index contributed by atoms with van der Waals surface area (Å²) in [5, 5.41) is 1.03. The van der Waals surface area contributed by atoms with Crippen molar-refractivity contribution < 1.29 is 4.39 Å². The first kappa shape index (κ1) is 16.0.